The quantitative estimate of drug-likeness (QED) is 0.735. The molecule has 0 aliphatic carbocycles. The molecule has 1 aromatic carbocycles. The first kappa shape index (κ1) is 19.4. The van der Waals surface area contributed by atoms with E-state index in [0.29, 0.717) is 27.4 Å². The van der Waals surface area contributed by atoms with E-state index in [4.69, 9.17) is 21.1 Å². The Morgan fingerprint density at radius 3 is 2.56 bits per heavy atom. The molecule has 7 nitrogen and oxygen atoms in total. The second kappa shape index (κ2) is 8.44. The SMILES string of the molecule is COc1cc(NC(=O)CSc2nnc(C)n2C(C)C)c(OC)cc1Cl. The number of ether oxygens (including phenoxy) is 2. The number of carbonyl (C=O) groups is 1. The molecule has 0 saturated carbocycles. The van der Waals surface area contributed by atoms with Gasteiger partial charge in [0.15, 0.2) is 5.16 Å². The van der Waals surface area contributed by atoms with Crippen LogP contribution in [0.1, 0.15) is 25.7 Å². The van der Waals surface area contributed by atoms with Gasteiger partial charge < -0.3 is 19.4 Å². The van der Waals surface area contributed by atoms with Crippen LogP contribution in [0.3, 0.4) is 0 Å². The van der Waals surface area contributed by atoms with Gasteiger partial charge in [-0.25, -0.2) is 0 Å². The van der Waals surface area contributed by atoms with Gasteiger partial charge >= 0.3 is 0 Å². The molecule has 136 valence electrons. The number of halogens is 1. The number of hydrogen-bond donors (Lipinski definition) is 1. The van der Waals surface area contributed by atoms with Crippen LogP contribution < -0.4 is 14.8 Å². The van der Waals surface area contributed by atoms with Crippen LogP contribution in [0, 0.1) is 6.92 Å². The first-order valence-electron chi connectivity index (χ1n) is 7.63. The smallest absolute Gasteiger partial charge is 0.234 e. The molecule has 0 aliphatic rings. The summed E-state index contributed by atoms with van der Waals surface area (Å²) >= 11 is 7.40. The third kappa shape index (κ3) is 4.58. The number of aromatic nitrogens is 3. The van der Waals surface area contributed by atoms with E-state index in [0.717, 1.165) is 5.82 Å². The van der Waals surface area contributed by atoms with Gasteiger partial charge in [0.1, 0.15) is 17.3 Å². The van der Waals surface area contributed by atoms with Crippen molar-refractivity contribution in [3.63, 3.8) is 0 Å². The van der Waals surface area contributed by atoms with Gasteiger partial charge in [-0.1, -0.05) is 23.4 Å². The van der Waals surface area contributed by atoms with E-state index in [1.807, 2.05) is 25.3 Å². The average Bonchev–Trinajstić information content (AvgIpc) is 2.95. The van der Waals surface area contributed by atoms with Crippen molar-refractivity contribution in [2.24, 2.45) is 0 Å². The Morgan fingerprint density at radius 2 is 1.96 bits per heavy atom. The number of anilines is 1. The molecule has 0 aliphatic heterocycles. The first-order chi connectivity index (χ1) is 11.9. The van der Waals surface area contributed by atoms with E-state index in [-0.39, 0.29) is 17.7 Å². The predicted octanol–water partition coefficient (Wildman–Crippen LogP) is 3.57. The highest BCUT2D eigenvalue weighted by Crippen LogP contribution is 2.36. The van der Waals surface area contributed by atoms with E-state index in [1.165, 1.54) is 26.0 Å². The fraction of sp³-hybridized carbons (Fsp3) is 0.438. The van der Waals surface area contributed by atoms with Gasteiger partial charge in [-0.2, -0.15) is 0 Å². The maximum absolute atomic E-state index is 12.3. The zero-order chi connectivity index (χ0) is 18.6. The minimum absolute atomic E-state index is 0.191. The molecular weight excluding hydrogens is 364 g/mol. The van der Waals surface area contributed by atoms with Crippen LogP contribution >= 0.6 is 23.4 Å². The molecule has 1 heterocycles. The highest BCUT2D eigenvalue weighted by Gasteiger charge is 2.16. The third-order valence-electron chi connectivity index (χ3n) is 3.43. The second-order valence-electron chi connectivity index (χ2n) is 5.52. The predicted molar refractivity (Wildman–Crippen MR) is 99.1 cm³/mol. The summed E-state index contributed by atoms with van der Waals surface area (Å²) in [5.74, 6) is 1.75. The van der Waals surface area contributed by atoms with Gasteiger partial charge in [-0.15, -0.1) is 10.2 Å². The van der Waals surface area contributed by atoms with Crippen molar-refractivity contribution in [1.82, 2.24) is 14.8 Å². The zero-order valence-electron chi connectivity index (χ0n) is 14.8. The molecule has 1 N–H and O–H groups in total. The van der Waals surface area contributed by atoms with Crippen LogP contribution in [0.25, 0.3) is 0 Å². The Hall–Kier alpha value is -1.93. The van der Waals surface area contributed by atoms with Gasteiger partial charge in [0.05, 0.1) is 30.7 Å². The molecule has 1 aromatic heterocycles. The highest BCUT2D eigenvalue weighted by molar-refractivity contribution is 7.99. The average molecular weight is 385 g/mol. The van der Waals surface area contributed by atoms with Crippen LogP contribution in [0.4, 0.5) is 5.69 Å². The number of thioether (sulfide) groups is 1. The summed E-state index contributed by atoms with van der Waals surface area (Å²) in [6, 6.07) is 3.45. The van der Waals surface area contributed by atoms with Crippen molar-refractivity contribution in [3.05, 3.63) is 23.0 Å². The fourth-order valence-corrected chi connectivity index (χ4v) is 3.46. The van der Waals surface area contributed by atoms with Gasteiger partial charge in [-0.3, -0.25) is 4.79 Å². The normalized spacial score (nSPS) is 10.8. The van der Waals surface area contributed by atoms with E-state index in [1.54, 1.807) is 12.1 Å². The largest absolute Gasteiger partial charge is 0.495 e. The number of rotatable bonds is 7. The molecule has 0 radical (unpaired) electrons. The van der Waals surface area contributed by atoms with E-state index >= 15 is 0 Å². The standard InChI is InChI=1S/C16H21ClN4O3S/c1-9(2)21-10(3)19-20-16(21)25-8-15(22)18-12-7-13(23-4)11(17)6-14(12)24-5/h6-7,9H,8H2,1-5H3,(H,18,22). The maximum atomic E-state index is 12.3. The summed E-state index contributed by atoms with van der Waals surface area (Å²) in [5, 5.41) is 12.1. The number of methoxy groups -OCH3 is 2. The minimum atomic E-state index is -0.191. The summed E-state index contributed by atoms with van der Waals surface area (Å²) in [6.45, 7) is 5.98. The highest BCUT2D eigenvalue weighted by atomic mass is 35.5. The lowest BCUT2D eigenvalue weighted by Crippen LogP contribution is -2.15. The van der Waals surface area contributed by atoms with E-state index in [9.17, 15) is 4.79 Å². The Balaban J connectivity index is 2.08. The number of nitrogens with zero attached hydrogens (tertiary/aromatic N) is 3. The topological polar surface area (TPSA) is 78.3 Å². The Morgan fingerprint density at radius 1 is 1.28 bits per heavy atom. The van der Waals surface area contributed by atoms with Crippen molar-refractivity contribution in [2.45, 2.75) is 32.0 Å². The van der Waals surface area contributed by atoms with Crippen LogP contribution in [0.15, 0.2) is 17.3 Å². The summed E-state index contributed by atoms with van der Waals surface area (Å²) in [4.78, 5) is 12.3. The Labute approximate surface area is 156 Å². The second-order valence-corrected chi connectivity index (χ2v) is 6.87. The maximum Gasteiger partial charge on any atom is 0.234 e. The summed E-state index contributed by atoms with van der Waals surface area (Å²) in [5.41, 5.74) is 0.496. The van der Waals surface area contributed by atoms with Gasteiger partial charge in [0.25, 0.3) is 0 Å². The lowest BCUT2D eigenvalue weighted by atomic mass is 10.2. The van der Waals surface area contributed by atoms with Crippen molar-refractivity contribution in [2.75, 3.05) is 25.3 Å². The number of nitrogens with one attached hydrogen (secondary N) is 1. The molecule has 9 heteroatoms. The molecule has 0 atom stereocenters. The molecule has 0 bridgehead atoms. The minimum Gasteiger partial charge on any atom is -0.495 e. The monoisotopic (exact) mass is 384 g/mol. The number of amides is 1. The lowest BCUT2D eigenvalue weighted by molar-refractivity contribution is -0.113. The Kier molecular flexibility index (Phi) is 6.55. The number of carbonyl (C=O) groups excluding carboxylic acids is 1. The van der Waals surface area contributed by atoms with Crippen molar-refractivity contribution < 1.29 is 14.3 Å². The fourth-order valence-electron chi connectivity index (χ4n) is 2.32. The molecule has 1 amide bonds. The van der Waals surface area contributed by atoms with Crippen LogP contribution in [-0.2, 0) is 4.79 Å². The van der Waals surface area contributed by atoms with Crippen molar-refractivity contribution in [1.29, 1.82) is 0 Å². The van der Waals surface area contributed by atoms with Crippen molar-refractivity contribution in [3.8, 4) is 11.5 Å². The number of hydrogen-bond acceptors (Lipinski definition) is 6. The van der Waals surface area contributed by atoms with E-state index < -0.39 is 0 Å². The van der Waals surface area contributed by atoms with E-state index in [2.05, 4.69) is 15.5 Å². The molecule has 0 spiro atoms. The molecular formula is C16H21ClN4O3S. The zero-order valence-corrected chi connectivity index (χ0v) is 16.4. The van der Waals surface area contributed by atoms with Gasteiger partial charge in [0.2, 0.25) is 5.91 Å². The van der Waals surface area contributed by atoms with Gasteiger partial charge in [-0.05, 0) is 20.8 Å². The molecule has 0 unspecified atom stereocenters. The van der Waals surface area contributed by atoms with Crippen LogP contribution in [0.2, 0.25) is 5.02 Å². The first-order valence-corrected chi connectivity index (χ1v) is 8.99. The molecule has 0 fully saturated rings. The van der Waals surface area contributed by atoms with Crippen LogP contribution in [0.5, 0.6) is 11.5 Å². The summed E-state index contributed by atoms with van der Waals surface area (Å²) in [7, 11) is 3.02. The summed E-state index contributed by atoms with van der Waals surface area (Å²) in [6.07, 6.45) is 0. The third-order valence-corrected chi connectivity index (χ3v) is 4.67. The molecule has 0 saturated heterocycles. The lowest BCUT2D eigenvalue weighted by Gasteiger charge is -2.14. The molecule has 2 rings (SSSR count). The summed E-state index contributed by atoms with van der Waals surface area (Å²) < 4.78 is 12.4. The Bertz CT molecular complexity index is 764. The number of aryl methyl sites for hydroxylation is 1. The van der Waals surface area contributed by atoms with Crippen LogP contribution in [-0.4, -0.2) is 40.6 Å². The molecule has 2 aromatic rings. The van der Waals surface area contributed by atoms with Gasteiger partial charge in [0, 0.05) is 18.2 Å². The van der Waals surface area contributed by atoms with Crippen molar-refractivity contribution >= 4 is 35.0 Å². The number of benzene rings is 1. The molecule has 25 heavy (non-hydrogen) atoms.